The Morgan fingerprint density at radius 3 is 2.94 bits per heavy atom. The van der Waals surface area contributed by atoms with Crippen molar-refractivity contribution in [2.75, 3.05) is 23.0 Å². The van der Waals surface area contributed by atoms with Crippen molar-refractivity contribution in [3.8, 4) is 5.75 Å². The highest BCUT2D eigenvalue weighted by Gasteiger charge is 2.32. The van der Waals surface area contributed by atoms with E-state index < -0.39 is 0 Å². The summed E-state index contributed by atoms with van der Waals surface area (Å²) < 4.78 is 11.2. The number of alkyl halides is 1. The van der Waals surface area contributed by atoms with E-state index in [0.29, 0.717) is 12.3 Å². The van der Waals surface area contributed by atoms with E-state index in [-0.39, 0.29) is 12.2 Å². The minimum atomic E-state index is -0.300. The average Bonchev–Trinajstić information content (AvgIpc) is 2.70. The van der Waals surface area contributed by atoms with E-state index in [0.717, 1.165) is 10.1 Å². The SMILES string of the molecule is COc1ccccc1N1CC(CI)OC1=O. The fourth-order valence-electron chi connectivity index (χ4n) is 1.65. The van der Waals surface area contributed by atoms with E-state index in [1.807, 2.05) is 24.3 Å². The second kappa shape index (κ2) is 4.90. The van der Waals surface area contributed by atoms with Crippen LogP contribution in [0.25, 0.3) is 0 Å². The molecule has 4 nitrogen and oxygen atoms in total. The van der Waals surface area contributed by atoms with Crippen LogP contribution in [0.2, 0.25) is 0 Å². The number of amides is 1. The summed E-state index contributed by atoms with van der Waals surface area (Å²) in [7, 11) is 1.59. The summed E-state index contributed by atoms with van der Waals surface area (Å²) in [6, 6.07) is 7.44. The number of hydrogen-bond acceptors (Lipinski definition) is 3. The molecular formula is C11H12INO3. The molecule has 0 aliphatic carbocycles. The molecule has 1 unspecified atom stereocenters. The van der Waals surface area contributed by atoms with Crippen molar-refractivity contribution in [2.24, 2.45) is 0 Å². The molecule has 1 heterocycles. The molecule has 16 heavy (non-hydrogen) atoms. The van der Waals surface area contributed by atoms with Crippen LogP contribution >= 0.6 is 22.6 Å². The van der Waals surface area contributed by atoms with Crippen LogP contribution in [0, 0.1) is 0 Å². The first-order valence-corrected chi connectivity index (χ1v) is 6.46. The van der Waals surface area contributed by atoms with Crippen molar-refractivity contribution in [1.29, 1.82) is 0 Å². The van der Waals surface area contributed by atoms with E-state index in [1.54, 1.807) is 12.0 Å². The van der Waals surface area contributed by atoms with Crippen LogP contribution in [0.15, 0.2) is 24.3 Å². The number of ether oxygens (including phenoxy) is 2. The van der Waals surface area contributed by atoms with Gasteiger partial charge in [-0.3, -0.25) is 4.90 Å². The fourth-order valence-corrected chi connectivity index (χ4v) is 2.11. The Morgan fingerprint density at radius 1 is 1.56 bits per heavy atom. The molecular weight excluding hydrogens is 321 g/mol. The zero-order valence-corrected chi connectivity index (χ0v) is 11.0. The molecule has 1 aromatic carbocycles. The molecule has 1 aromatic rings. The van der Waals surface area contributed by atoms with Gasteiger partial charge in [0.1, 0.15) is 11.9 Å². The van der Waals surface area contributed by atoms with Gasteiger partial charge in [-0.15, -0.1) is 0 Å². The Labute approximate surface area is 108 Å². The largest absolute Gasteiger partial charge is 0.495 e. The van der Waals surface area contributed by atoms with Gasteiger partial charge in [0.2, 0.25) is 0 Å². The molecule has 86 valence electrons. The number of para-hydroxylation sites is 2. The molecule has 0 N–H and O–H groups in total. The minimum Gasteiger partial charge on any atom is -0.495 e. The van der Waals surface area contributed by atoms with Crippen LogP contribution in [0.5, 0.6) is 5.75 Å². The van der Waals surface area contributed by atoms with Gasteiger partial charge in [-0.1, -0.05) is 34.7 Å². The molecule has 1 aliphatic heterocycles. The first-order chi connectivity index (χ1) is 7.76. The number of cyclic esters (lactones) is 1. The third kappa shape index (κ3) is 2.09. The highest BCUT2D eigenvalue weighted by atomic mass is 127. The summed E-state index contributed by atoms with van der Waals surface area (Å²) in [6.07, 6.45) is -0.329. The van der Waals surface area contributed by atoms with Gasteiger partial charge < -0.3 is 9.47 Å². The second-order valence-electron chi connectivity index (χ2n) is 3.44. The first kappa shape index (κ1) is 11.5. The molecule has 0 spiro atoms. The number of benzene rings is 1. The smallest absolute Gasteiger partial charge is 0.414 e. The maximum atomic E-state index is 11.7. The number of carbonyl (C=O) groups excluding carboxylic acids is 1. The van der Waals surface area contributed by atoms with Gasteiger partial charge >= 0.3 is 6.09 Å². The number of halogens is 1. The molecule has 1 fully saturated rings. The van der Waals surface area contributed by atoms with Crippen LogP contribution in [-0.2, 0) is 4.74 Å². The predicted octanol–water partition coefficient (Wildman–Crippen LogP) is 2.46. The highest BCUT2D eigenvalue weighted by molar-refractivity contribution is 14.1. The highest BCUT2D eigenvalue weighted by Crippen LogP contribution is 2.31. The summed E-state index contributed by atoms with van der Waals surface area (Å²) in [5.41, 5.74) is 0.766. The van der Waals surface area contributed by atoms with Crippen molar-refractivity contribution in [1.82, 2.24) is 0 Å². The lowest BCUT2D eigenvalue weighted by Crippen LogP contribution is -2.25. The molecule has 1 atom stereocenters. The van der Waals surface area contributed by atoms with Gasteiger partial charge in [-0.2, -0.15) is 0 Å². The van der Waals surface area contributed by atoms with Crippen LogP contribution < -0.4 is 9.64 Å². The van der Waals surface area contributed by atoms with Crippen molar-refractivity contribution in [3.63, 3.8) is 0 Å². The Morgan fingerprint density at radius 2 is 2.31 bits per heavy atom. The van der Waals surface area contributed by atoms with E-state index in [2.05, 4.69) is 22.6 Å². The summed E-state index contributed by atoms with van der Waals surface area (Å²) in [6.45, 7) is 0.585. The fraction of sp³-hybridized carbons (Fsp3) is 0.364. The van der Waals surface area contributed by atoms with E-state index in [9.17, 15) is 4.79 Å². The predicted molar refractivity (Wildman–Crippen MR) is 69.5 cm³/mol. The van der Waals surface area contributed by atoms with Crippen molar-refractivity contribution in [2.45, 2.75) is 6.10 Å². The average molecular weight is 333 g/mol. The molecule has 0 aromatic heterocycles. The molecule has 1 aliphatic rings. The van der Waals surface area contributed by atoms with Crippen molar-refractivity contribution >= 4 is 34.4 Å². The summed E-state index contributed by atoms with van der Waals surface area (Å²) in [5.74, 6) is 0.688. The maximum absolute atomic E-state index is 11.7. The molecule has 0 bridgehead atoms. The number of nitrogens with zero attached hydrogens (tertiary/aromatic N) is 1. The van der Waals surface area contributed by atoms with Crippen LogP contribution in [0.4, 0.5) is 10.5 Å². The number of methoxy groups -OCH3 is 1. The van der Waals surface area contributed by atoms with Crippen LogP contribution in [0.1, 0.15) is 0 Å². The normalized spacial score (nSPS) is 19.8. The van der Waals surface area contributed by atoms with Gasteiger partial charge in [-0.25, -0.2) is 4.79 Å². The molecule has 5 heteroatoms. The Hall–Kier alpha value is -0.980. The van der Waals surface area contributed by atoms with E-state index >= 15 is 0 Å². The topological polar surface area (TPSA) is 38.8 Å². The second-order valence-corrected chi connectivity index (χ2v) is 4.32. The van der Waals surface area contributed by atoms with Gasteiger partial charge in [0, 0.05) is 4.43 Å². The maximum Gasteiger partial charge on any atom is 0.414 e. The van der Waals surface area contributed by atoms with E-state index in [1.165, 1.54) is 0 Å². The quantitative estimate of drug-likeness (QED) is 0.630. The number of rotatable bonds is 3. The van der Waals surface area contributed by atoms with Gasteiger partial charge in [0.15, 0.2) is 0 Å². The zero-order chi connectivity index (χ0) is 11.5. The van der Waals surface area contributed by atoms with Gasteiger partial charge in [0.25, 0.3) is 0 Å². The van der Waals surface area contributed by atoms with Crippen LogP contribution in [-0.4, -0.2) is 30.3 Å². The Kier molecular flexibility index (Phi) is 3.52. The molecule has 2 rings (SSSR count). The minimum absolute atomic E-state index is 0.0296. The van der Waals surface area contributed by atoms with Crippen molar-refractivity contribution in [3.05, 3.63) is 24.3 Å². The molecule has 1 amide bonds. The number of anilines is 1. The van der Waals surface area contributed by atoms with Crippen LogP contribution in [0.3, 0.4) is 0 Å². The summed E-state index contributed by atoms with van der Waals surface area (Å²) in [5, 5.41) is 0. The molecule has 1 saturated heterocycles. The monoisotopic (exact) mass is 333 g/mol. The third-order valence-electron chi connectivity index (χ3n) is 2.42. The Balaban J connectivity index is 2.27. The molecule has 0 radical (unpaired) electrons. The summed E-state index contributed by atoms with van der Waals surface area (Å²) >= 11 is 2.21. The van der Waals surface area contributed by atoms with Gasteiger partial charge in [0.05, 0.1) is 19.3 Å². The molecule has 0 saturated carbocycles. The van der Waals surface area contributed by atoms with E-state index in [4.69, 9.17) is 9.47 Å². The lowest BCUT2D eigenvalue weighted by Gasteiger charge is -2.15. The van der Waals surface area contributed by atoms with Crippen molar-refractivity contribution < 1.29 is 14.3 Å². The lowest BCUT2D eigenvalue weighted by molar-refractivity contribution is 0.152. The van der Waals surface area contributed by atoms with Gasteiger partial charge in [-0.05, 0) is 12.1 Å². The lowest BCUT2D eigenvalue weighted by atomic mass is 10.2. The number of hydrogen-bond donors (Lipinski definition) is 0. The third-order valence-corrected chi connectivity index (χ3v) is 3.40. The Bertz CT molecular complexity index is 397. The standard InChI is InChI=1S/C11H12INO3/c1-15-10-5-3-2-4-9(10)13-7-8(6-12)16-11(13)14/h2-5,8H,6-7H2,1H3. The summed E-state index contributed by atoms with van der Waals surface area (Å²) in [4.78, 5) is 13.3. The first-order valence-electron chi connectivity index (χ1n) is 4.93. The number of carbonyl (C=O) groups is 1. The zero-order valence-electron chi connectivity index (χ0n) is 8.85.